The van der Waals surface area contributed by atoms with Crippen LogP contribution in [0, 0.1) is 0 Å². The molecule has 0 spiro atoms. The number of benzene rings is 2. The molecule has 2 aliphatic heterocycles. The number of ether oxygens (including phenoxy) is 1. The van der Waals surface area contributed by atoms with Gasteiger partial charge in [-0.3, -0.25) is 9.59 Å². The summed E-state index contributed by atoms with van der Waals surface area (Å²) in [5, 5.41) is 7.13. The van der Waals surface area contributed by atoms with Crippen LogP contribution in [0.25, 0.3) is 0 Å². The molecule has 2 aromatic carbocycles. The second-order valence-corrected chi connectivity index (χ2v) is 7.99. The predicted molar refractivity (Wildman–Crippen MR) is 117 cm³/mol. The SMILES string of the molecule is COc1cccc(CC2=NO[C@@H](C(=O)N(Cc3ccccc3)C[C@@H]3CCC(=O)N3)C2)c1. The number of nitrogens with zero attached hydrogens (tertiary/aromatic N) is 2. The summed E-state index contributed by atoms with van der Waals surface area (Å²) < 4.78 is 5.28. The van der Waals surface area contributed by atoms with E-state index >= 15 is 0 Å². The van der Waals surface area contributed by atoms with Gasteiger partial charge in [-0.05, 0) is 29.7 Å². The number of oxime groups is 1. The fourth-order valence-electron chi connectivity index (χ4n) is 4.00. The highest BCUT2D eigenvalue weighted by Crippen LogP contribution is 2.21. The lowest BCUT2D eigenvalue weighted by molar-refractivity contribution is -0.143. The zero-order valence-corrected chi connectivity index (χ0v) is 17.6. The van der Waals surface area contributed by atoms with E-state index in [4.69, 9.17) is 9.57 Å². The monoisotopic (exact) mass is 421 g/mol. The van der Waals surface area contributed by atoms with E-state index in [1.165, 1.54) is 0 Å². The molecule has 2 aliphatic rings. The van der Waals surface area contributed by atoms with Crippen molar-refractivity contribution in [1.29, 1.82) is 0 Å². The van der Waals surface area contributed by atoms with E-state index in [-0.39, 0.29) is 17.9 Å². The molecule has 2 aromatic rings. The van der Waals surface area contributed by atoms with Crippen LogP contribution in [0.5, 0.6) is 5.75 Å². The lowest BCUT2D eigenvalue weighted by Crippen LogP contribution is -2.45. The Bertz CT molecular complexity index is 960. The van der Waals surface area contributed by atoms with Gasteiger partial charge in [0.25, 0.3) is 5.91 Å². The largest absolute Gasteiger partial charge is 0.497 e. The molecule has 0 bridgehead atoms. The van der Waals surface area contributed by atoms with Crippen LogP contribution in [-0.2, 0) is 27.4 Å². The Morgan fingerprint density at radius 1 is 1.19 bits per heavy atom. The second-order valence-electron chi connectivity index (χ2n) is 7.99. The number of carbonyl (C=O) groups excluding carboxylic acids is 2. The average molecular weight is 421 g/mol. The van der Waals surface area contributed by atoms with Gasteiger partial charge < -0.3 is 19.8 Å². The lowest BCUT2D eigenvalue weighted by Gasteiger charge is -2.27. The number of rotatable bonds is 8. The quantitative estimate of drug-likeness (QED) is 0.711. The van der Waals surface area contributed by atoms with Gasteiger partial charge in [0.15, 0.2) is 0 Å². The molecule has 2 atom stereocenters. The third-order valence-electron chi connectivity index (χ3n) is 5.60. The molecule has 1 saturated heterocycles. The molecule has 4 rings (SSSR count). The van der Waals surface area contributed by atoms with E-state index in [0.717, 1.165) is 29.0 Å². The van der Waals surface area contributed by atoms with Crippen LogP contribution in [0.2, 0.25) is 0 Å². The maximum Gasteiger partial charge on any atom is 0.267 e. The molecule has 7 heteroatoms. The summed E-state index contributed by atoms with van der Waals surface area (Å²) in [6.07, 6.45) is 1.67. The number of hydrogen-bond donors (Lipinski definition) is 1. The molecule has 2 heterocycles. The van der Waals surface area contributed by atoms with Crippen molar-refractivity contribution in [1.82, 2.24) is 10.2 Å². The van der Waals surface area contributed by atoms with Crippen LogP contribution in [0.1, 0.15) is 30.4 Å². The topological polar surface area (TPSA) is 80.2 Å². The molecule has 0 unspecified atom stereocenters. The molecule has 0 aromatic heterocycles. The van der Waals surface area contributed by atoms with E-state index in [9.17, 15) is 9.59 Å². The molecule has 162 valence electrons. The minimum Gasteiger partial charge on any atom is -0.497 e. The van der Waals surface area contributed by atoms with E-state index < -0.39 is 6.10 Å². The summed E-state index contributed by atoms with van der Waals surface area (Å²) in [6, 6.07) is 17.6. The van der Waals surface area contributed by atoms with Crippen LogP contribution >= 0.6 is 0 Å². The first-order valence-electron chi connectivity index (χ1n) is 10.6. The van der Waals surface area contributed by atoms with Crippen molar-refractivity contribution in [3.63, 3.8) is 0 Å². The number of carbonyl (C=O) groups is 2. The molecule has 1 N–H and O–H groups in total. The van der Waals surface area contributed by atoms with Gasteiger partial charge in [-0.15, -0.1) is 0 Å². The van der Waals surface area contributed by atoms with Crippen LogP contribution in [0.15, 0.2) is 59.8 Å². The first kappa shape index (κ1) is 20.9. The Labute approximate surface area is 182 Å². The van der Waals surface area contributed by atoms with Crippen molar-refractivity contribution in [2.75, 3.05) is 13.7 Å². The van der Waals surface area contributed by atoms with E-state index in [2.05, 4.69) is 10.5 Å². The van der Waals surface area contributed by atoms with Crippen molar-refractivity contribution < 1.29 is 19.2 Å². The fraction of sp³-hybridized carbons (Fsp3) is 0.375. The van der Waals surface area contributed by atoms with Crippen molar-refractivity contribution in [3.8, 4) is 5.75 Å². The van der Waals surface area contributed by atoms with E-state index in [1.807, 2.05) is 54.6 Å². The summed E-state index contributed by atoms with van der Waals surface area (Å²) in [6.45, 7) is 0.932. The first-order valence-corrected chi connectivity index (χ1v) is 10.6. The van der Waals surface area contributed by atoms with Crippen molar-refractivity contribution in [3.05, 3.63) is 65.7 Å². The fourth-order valence-corrected chi connectivity index (χ4v) is 4.00. The summed E-state index contributed by atoms with van der Waals surface area (Å²) in [4.78, 5) is 32.2. The van der Waals surface area contributed by atoms with E-state index in [0.29, 0.717) is 32.4 Å². The summed E-state index contributed by atoms with van der Waals surface area (Å²) >= 11 is 0. The van der Waals surface area contributed by atoms with Gasteiger partial charge in [-0.2, -0.15) is 0 Å². The third kappa shape index (κ3) is 5.42. The standard InChI is InChI=1S/C24H27N3O4/c1-30-21-9-5-8-18(13-21)12-20-14-22(31-26-20)24(29)27(15-17-6-3-2-4-7-17)16-19-10-11-23(28)25-19/h2-9,13,19,22H,10-12,14-16H2,1H3,(H,25,28)/t19-,22+/m0/s1. The van der Waals surface area contributed by atoms with Gasteiger partial charge in [-0.25, -0.2) is 0 Å². The predicted octanol–water partition coefficient (Wildman–Crippen LogP) is 2.69. The molecule has 0 aliphatic carbocycles. The highest BCUT2D eigenvalue weighted by molar-refractivity contribution is 5.94. The van der Waals surface area contributed by atoms with Crippen LogP contribution < -0.4 is 10.1 Å². The summed E-state index contributed by atoms with van der Waals surface area (Å²) in [5.74, 6) is 0.727. The normalized spacial score (nSPS) is 20.0. The maximum absolute atomic E-state index is 13.3. The van der Waals surface area contributed by atoms with Gasteiger partial charge >= 0.3 is 0 Å². The highest BCUT2D eigenvalue weighted by Gasteiger charge is 2.34. The molecule has 0 saturated carbocycles. The third-order valence-corrected chi connectivity index (χ3v) is 5.60. The maximum atomic E-state index is 13.3. The zero-order chi connectivity index (χ0) is 21.6. The Hall–Kier alpha value is -3.35. The Morgan fingerprint density at radius 2 is 2.00 bits per heavy atom. The van der Waals surface area contributed by atoms with Gasteiger partial charge in [0, 0.05) is 38.4 Å². The van der Waals surface area contributed by atoms with Crippen LogP contribution in [0.3, 0.4) is 0 Å². The number of nitrogens with one attached hydrogen (secondary N) is 1. The molecule has 1 fully saturated rings. The van der Waals surface area contributed by atoms with Crippen molar-refractivity contribution in [2.45, 2.75) is 44.4 Å². The van der Waals surface area contributed by atoms with Gasteiger partial charge in [0.1, 0.15) is 5.75 Å². The van der Waals surface area contributed by atoms with Gasteiger partial charge in [-0.1, -0.05) is 47.6 Å². The number of amides is 2. The molecule has 2 amide bonds. The molecular formula is C24H27N3O4. The minimum atomic E-state index is -0.638. The van der Waals surface area contributed by atoms with Crippen LogP contribution in [0.4, 0.5) is 0 Å². The average Bonchev–Trinajstić information content (AvgIpc) is 3.42. The second kappa shape index (κ2) is 9.64. The minimum absolute atomic E-state index is 0.0289. The molecule has 31 heavy (non-hydrogen) atoms. The molecule has 7 nitrogen and oxygen atoms in total. The highest BCUT2D eigenvalue weighted by atomic mass is 16.6. The van der Waals surface area contributed by atoms with Crippen molar-refractivity contribution >= 4 is 17.5 Å². The number of hydrogen-bond acceptors (Lipinski definition) is 5. The molecule has 0 radical (unpaired) electrons. The molecular weight excluding hydrogens is 394 g/mol. The van der Waals surface area contributed by atoms with Crippen molar-refractivity contribution in [2.24, 2.45) is 5.16 Å². The van der Waals surface area contributed by atoms with Gasteiger partial charge in [0.2, 0.25) is 12.0 Å². The van der Waals surface area contributed by atoms with Crippen LogP contribution in [-0.4, -0.2) is 48.2 Å². The zero-order valence-electron chi connectivity index (χ0n) is 17.6. The van der Waals surface area contributed by atoms with Gasteiger partial charge in [0.05, 0.1) is 12.8 Å². The summed E-state index contributed by atoms with van der Waals surface area (Å²) in [5.41, 5.74) is 2.93. The Kier molecular flexibility index (Phi) is 6.50. The van der Waals surface area contributed by atoms with E-state index in [1.54, 1.807) is 12.0 Å². The number of methoxy groups -OCH3 is 1. The summed E-state index contributed by atoms with van der Waals surface area (Å²) in [7, 11) is 1.64. The Balaban J connectivity index is 1.41. The Morgan fingerprint density at radius 3 is 2.74 bits per heavy atom. The first-order chi connectivity index (χ1) is 15.1. The smallest absolute Gasteiger partial charge is 0.267 e. The lowest BCUT2D eigenvalue weighted by atomic mass is 10.0.